The normalized spacial score (nSPS) is 10.0. The van der Waals surface area contributed by atoms with E-state index in [1.807, 2.05) is 12.1 Å². The number of Topliss-reactive ketones (excluding diaryl/α,β-unsaturated/α-hetero) is 1. The van der Waals surface area contributed by atoms with E-state index < -0.39 is 0 Å². The third-order valence-corrected chi connectivity index (χ3v) is 1.75. The van der Waals surface area contributed by atoms with Gasteiger partial charge < -0.3 is 9.84 Å². The number of carbonyl (C=O) groups is 1. The van der Waals surface area contributed by atoms with Crippen LogP contribution in [0.25, 0.3) is 0 Å². The number of ketones is 1. The van der Waals surface area contributed by atoms with E-state index in [1.54, 1.807) is 12.1 Å². The van der Waals surface area contributed by atoms with Crippen LogP contribution in [0.2, 0.25) is 0 Å². The van der Waals surface area contributed by atoms with Gasteiger partial charge in [0, 0.05) is 5.56 Å². The Morgan fingerprint density at radius 1 is 1.46 bits per heavy atom. The van der Waals surface area contributed by atoms with E-state index in [2.05, 4.69) is 0 Å². The Bertz CT molecular complexity index is 294. The fourth-order valence-corrected chi connectivity index (χ4v) is 1.15. The van der Waals surface area contributed by atoms with Crippen molar-refractivity contribution >= 4 is 5.78 Å². The van der Waals surface area contributed by atoms with Crippen molar-refractivity contribution < 1.29 is 14.6 Å². The summed E-state index contributed by atoms with van der Waals surface area (Å²) in [5.74, 6) is 0.0112. The van der Waals surface area contributed by atoms with Crippen LogP contribution in [0.15, 0.2) is 24.3 Å². The molecule has 0 fully saturated rings. The maximum absolute atomic E-state index is 11.1. The fourth-order valence-electron chi connectivity index (χ4n) is 1.15. The second kappa shape index (κ2) is 4.74. The number of aliphatic hydroxyl groups excluding tert-OH is 1. The lowest BCUT2D eigenvalue weighted by molar-refractivity contribution is -0.0114. The molecule has 1 rings (SSSR count). The first kappa shape index (κ1) is 9.89. The number of ether oxygens (including phenoxy) is 1. The Morgan fingerprint density at radius 2 is 2.15 bits per heavy atom. The minimum absolute atomic E-state index is 0.0112. The monoisotopic (exact) mass is 180 g/mol. The van der Waals surface area contributed by atoms with Crippen molar-refractivity contribution in [3.8, 4) is 0 Å². The molecule has 0 atom stereocenters. The van der Waals surface area contributed by atoms with E-state index in [0.717, 1.165) is 5.56 Å². The molecule has 0 aliphatic carbocycles. The van der Waals surface area contributed by atoms with Gasteiger partial charge in [-0.2, -0.15) is 0 Å². The molecule has 0 aliphatic heterocycles. The van der Waals surface area contributed by atoms with Gasteiger partial charge in [-0.1, -0.05) is 24.3 Å². The van der Waals surface area contributed by atoms with Gasteiger partial charge in [0.1, 0.15) is 6.79 Å². The summed E-state index contributed by atoms with van der Waals surface area (Å²) in [7, 11) is 0. The zero-order valence-corrected chi connectivity index (χ0v) is 7.49. The quantitative estimate of drug-likeness (QED) is 0.562. The average molecular weight is 180 g/mol. The van der Waals surface area contributed by atoms with E-state index in [-0.39, 0.29) is 19.2 Å². The molecule has 0 spiro atoms. The summed E-state index contributed by atoms with van der Waals surface area (Å²) < 4.78 is 4.81. The second-order valence-corrected chi connectivity index (χ2v) is 2.69. The molecule has 0 amide bonds. The van der Waals surface area contributed by atoms with Crippen molar-refractivity contribution in [3.05, 3.63) is 35.4 Å². The van der Waals surface area contributed by atoms with Gasteiger partial charge in [0.05, 0.1) is 6.61 Å². The molecule has 0 saturated heterocycles. The highest BCUT2D eigenvalue weighted by Gasteiger charge is 2.05. The van der Waals surface area contributed by atoms with Crippen LogP contribution in [0, 0.1) is 0 Å². The Morgan fingerprint density at radius 3 is 2.77 bits per heavy atom. The largest absolute Gasteiger partial charge is 0.371 e. The summed E-state index contributed by atoms with van der Waals surface area (Å²) >= 11 is 0. The highest BCUT2D eigenvalue weighted by Crippen LogP contribution is 2.10. The van der Waals surface area contributed by atoms with Gasteiger partial charge in [-0.3, -0.25) is 4.79 Å². The molecule has 0 radical (unpaired) electrons. The third-order valence-electron chi connectivity index (χ3n) is 1.75. The lowest BCUT2D eigenvalue weighted by Gasteiger charge is -2.05. The molecule has 0 heterocycles. The Kier molecular flexibility index (Phi) is 3.61. The average Bonchev–Trinajstić information content (AvgIpc) is 2.15. The Labute approximate surface area is 77.0 Å². The summed E-state index contributed by atoms with van der Waals surface area (Å²) in [6.07, 6.45) is 0. The van der Waals surface area contributed by atoms with Crippen molar-refractivity contribution in [1.82, 2.24) is 0 Å². The predicted molar refractivity (Wildman–Crippen MR) is 48.3 cm³/mol. The molecule has 1 aromatic rings. The van der Waals surface area contributed by atoms with E-state index in [9.17, 15) is 4.79 Å². The van der Waals surface area contributed by atoms with Crippen LogP contribution in [-0.2, 0) is 11.3 Å². The van der Waals surface area contributed by atoms with Crippen LogP contribution in [0.3, 0.4) is 0 Å². The summed E-state index contributed by atoms with van der Waals surface area (Å²) in [6, 6.07) is 7.20. The van der Waals surface area contributed by atoms with E-state index >= 15 is 0 Å². The van der Waals surface area contributed by atoms with Crippen LogP contribution in [0.5, 0.6) is 0 Å². The second-order valence-electron chi connectivity index (χ2n) is 2.69. The number of hydrogen-bond acceptors (Lipinski definition) is 3. The fraction of sp³-hybridized carbons (Fsp3) is 0.300. The molecule has 0 bridgehead atoms. The Hall–Kier alpha value is -1.19. The topological polar surface area (TPSA) is 46.5 Å². The Balaban J connectivity index is 2.84. The molecular weight excluding hydrogens is 168 g/mol. The van der Waals surface area contributed by atoms with Gasteiger partial charge >= 0.3 is 0 Å². The number of carbonyl (C=O) groups excluding carboxylic acids is 1. The molecule has 0 aliphatic rings. The molecule has 1 aromatic carbocycles. The van der Waals surface area contributed by atoms with Crippen LogP contribution in [0.1, 0.15) is 22.8 Å². The molecule has 0 aromatic heterocycles. The SMILES string of the molecule is CC(=O)c1ccccc1COCO. The van der Waals surface area contributed by atoms with Crippen LogP contribution in [-0.4, -0.2) is 17.7 Å². The molecule has 70 valence electrons. The zero-order valence-electron chi connectivity index (χ0n) is 7.49. The molecule has 3 heteroatoms. The first-order chi connectivity index (χ1) is 6.25. The van der Waals surface area contributed by atoms with Gasteiger partial charge in [0.25, 0.3) is 0 Å². The molecule has 3 nitrogen and oxygen atoms in total. The minimum atomic E-state index is -0.327. The van der Waals surface area contributed by atoms with Crippen molar-refractivity contribution in [2.45, 2.75) is 13.5 Å². The van der Waals surface area contributed by atoms with Gasteiger partial charge in [-0.05, 0) is 12.5 Å². The van der Waals surface area contributed by atoms with E-state index in [0.29, 0.717) is 5.56 Å². The van der Waals surface area contributed by atoms with Crippen LogP contribution in [0.4, 0.5) is 0 Å². The lowest BCUT2D eigenvalue weighted by Crippen LogP contribution is -2.02. The standard InChI is InChI=1S/C10H12O3/c1-8(12)10-5-3-2-4-9(10)6-13-7-11/h2-5,11H,6-7H2,1H3. The van der Waals surface area contributed by atoms with E-state index in [1.165, 1.54) is 6.92 Å². The first-order valence-electron chi connectivity index (χ1n) is 4.03. The highest BCUT2D eigenvalue weighted by molar-refractivity contribution is 5.95. The van der Waals surface area contributed by atoms with Crippen molar-refractivity contribution in [2.75, 3.05) is 6.79 Å². The van der Waals surface area contributed by atoms with Gasteiger partial charge in [-0.15, -0.1) is 0 Å². The van der Waals surface area contributed by atoms with E-state index in [4.69, 9.17) is 9.84 Å². The van der Waals surface area contributed by atoms with Crippen molar-refractivity contribution in [3.63, 3.8) is 0 Å². The van der Waals surface area contributed by atoms with Gasteiger partial charge in [0.15, 0.2) is 5.78 Å². The third kappa shape index (κ3) is 2.65. The number of benzene rings is 1. The van der Waals surface area contributed by atoms with Crippen molar-refractivity contribution in [2.24, 2.45) is 0 Å². The maximum Gasteiger partial charge on any atom is 0.160 e. The lowest BCUT2D eigenvalue weighted by atomic mass is 10.1. The molecular formula is C10H12O3. The summed E-state index contributed by atoms with van der Waals surface area (Å²) in [5.41, 5.74) is 1.46. The number of aliphatic hydroxyl groups is 1. The first-order valence-corrected chi connectivity index (χ1v) is 4.03. The van der Waals surface area contributed by atoms with Crippen LogP contribution >= 0.6 is 0 Å². The smallest absolute Gasteiger partial charge is 0.160 e. The molecule has 1 N–H and O–H groups in total. The van der Waals surface area contributed by atoms with Crippen molar-refractivity contribution in [1.29, 1.82) is 0 Å². The highest BCUT2D eigenvalue weighted by atomic mass is 16.6. The summed E-state index contributed by atoms with van der Waals surface area (Å²) in [6.45, 7) is 1.45. The number of rotatable bonds is 4. The number of hydrogen-bond donors (Lipinski definition) is 1. The molecule has 0 saturated carbocycles. The minimum Gasteiger partial charge on any atom is -0.371 e. The summed E-state index contributed by atoms with van der Waals surface area (Å²) in [4.78, 5) is 11.1. The summed E-state index contributed by atoms with van der Waals surface area (Å²) in [5, 5.41) is 8.45. The van der Waals surface area contributed by atoms with Crippen LogP contribution < -0.4 is 0 Å². The molecule has 13 heavy (non-hydrogen) atoms. The van der Waals surface area contributed by atoms with Gasteiger partial charge in [-0.25, -0.2) is 0 Å². The zero-order chi connectivity index (χ0) is 9.68. The molecule has 0 unspecified atom stereocenters. The maximum atomic E-state index is 11.1. The predicted octanol–water partition coefficient (Wildman–Crippen LogP) is 1.36. The van der Waals surface area contributed by atoms with Gasteiger partial charge in [0.2, 0.25) is 0 Å².